The zero-order valence-corrected chi connectivity index (χ0v) is 16.6. The number of aromatic nitrogens is 1. The van der Waals surface area contributed by atoms with Crippen LogP contribution in [0.2, 0.25) is 0 Å². The van der Waals surface area contributed by atoms with Gasteiger partial charge < -0.3 is 0 Å². The first-order valence-corrected chi connectivity index (χ1v) is 9.99. The molecular weight excluding hydrogens is 326 g/mol. The Morgan fingerprint density at radius 3 is 2.33 bits per heavy atom. The normalized spacial score (nSPS) is 18.7. The summed E-state index contributed by atoms with van der Waals surface area (Å²) in [7, 11) is 0. The molecule has 0 unspecified atom stereocenters. The van der Waals surface area contributed by atoms with Crippen LogP contribution in [-0.2, 0) is 0 Å². The minimum atomic E-state index is -0.432. The van der Waals surface area contributed by atoms with Crippen molar-refractivity contribution in [2.45, 2.75) is 52.3 Å². The molecule has 0 aliphatic heterocycles. The third-order valence-corrected chi connectivity index (χ3v) is 6.01. The summed E-state index contributed by atoms with van der Waals surface area (Å²) in [5, 5.41) is 0. The maximum absolute atomic E-state index is 8.97. The van der Waals surface area contributed by atoms with Crippen molar-refractivity contribution in [3.8, 4) is 22.4 Å². The molecule has 1 heteroatoms. The van der Waals surface area contributed by atoms with E-state index in [1.165, 1.54) is 22.3 Å². The van der Waals surface area contributed by atoms with Gasteiger partial charge in [0.05, 0.1) is 5.69 Å². The van der Waals surface area contributed by atoms with E-state index in [0.717, 1.165) is 36.9 Å². The Bertz CT molecular complexity index is 962. The Labute approximate surface area is 164 Å². The first kappa shape index (κ1) is 16.7. The van der Waals surface area contributed by atoms with Gasteiger partial charge in [0.1, 0.15) is 0 Å². The van der Waals surface area contributed by atoms with Crippen molar-refractivity contribution in [1.29, 1.82) is 0 Å². The van der Waals surface area contributed by atoms with Crippen LogP contribution in [0.1, 0.15) is 57.9 Å². The van der Waals surface area contributed by atoms with E-state index in [2.05, 4.69) is 86.4 Å². The first-order chi connectivity index (χ1) is 13.4. The predicted octanol–water partition coefficient (Wildman–Crippen LogP) is 7.41. The van der Waals surface area contributed by atoms with Crippen molar-refractivity contribution in [2.75, 3.05) is 0 Å². The molecule has 1 heterocycles. The van der Waals surface area contributed by atoms with Gasteiger partial charge in [-0.05, 0) is 78.3 Å². The van der Waals surface area contributed by atoms with E-state index < -0.39 is 5.89 Å². The molecule has 2 aromatic carbocycles. The van der Waals surface area contributed by atoms with Crippen molar-refractivity contribution in [2.24, 2.45) is 5.41 Å². The number of rotatable bonds is 3. The molecular formula is C26H29N. The van der Waals surface area contributed by atoms with Crippen molar-refractivity contribution in [3.05, 3.63) is 78.0 Å². The Hall–Kier alpha value is -2.41. The highest BCUT2D eigenvalue weighted by atomic mass is 14.7. The number of benzene rings is 2. The molecule has 4 rings (SSSR count). The van der Waals surface area contributed by atoms with Crippen LogP contribution in [0, 0.1) is 12.3 Å². The van der Waals surface area contributed by atoms with Gasteiger partial charge in [0, 0.05) is 13.1 Å². The smallest absolute Gasteiger partial charge is 0.0710 e. The summed E-state index contributed by atoms with van der Waals surface area (Å²) in [5.41, 5.74) is 7.30. The molecule has 0 amide bonds. The summed E-state index contributed by atoms with van der Waals surface area (Å²) in [4.78, 5) is 4.58. The monoisotopic (exact) mass is 356 g/mol. The van der Waals surface area contributed by atoms with Crippen LogP contribution in [0.3, 0.4) is 0 Å². The Morgan fingerprint density at radius 1 is 0.926 bits per heavy atom. The van der Waals surface area contributed by atoms with Crippen LogP contribution in [0.15, 0.2) is 66.9 Å². The standard InChI is InChI=1S/C26H29N/c1-19-6-4-5-7-24(19)25-18-23(14-17-27-25)21-10-8-20(9-11-21)22-12-15-26(2,3)16-13-22/h4-11,14,17-18,22H,12-13,15-16H2,1-3H3/i22D. The molecule has 1 aliphatic rings. The van der Waals surface area contributed by atoms with Crippen molar-refractivity contribution in [3.63, 3.8) is 0 Å². The predicted molar refractivity (Wildman–Crippen MR) is 115 cm³/mol. The molecule has 0 bridgehead atoms. The van der Waals surface area contributed by atoms with Crippen LogP contribution in [0.4, 0.5) is 0 Å². The lowest BCUT2D eigenvalue weighted by Gasteiger charge is -2.34. The largest absolute Gasteiger partial charge is 0.256 e. The fraction of sp³-hybridized carbons (Fsp3) is 0.346. The molecule has 0 N–H and O–H groups in total. The number of hydrogen-bond acceptors (Lipinski definition) is 1. The van der Waals surface area contributed by atoms with Crippen molar-refractivity contribution in [1.82, 2.24) is 4.98 Å². The Morgan fingerprint density at radius 2 is 1.63 bits per heavy atom. The molecule has 1 nitrogen and oxygen atoms in total. The lowest BCUT2D eigenvalue weighted by Crippen LogP contribution is -2.20. The fourth-order valence-electron chi connectivity index (χ4n) is 4.03. The van der Waals surface area contributed by atoms with Crippen molar-refractivity contribution >= 4 is 0 Å². The maximum atomic E-state index is 8.97. The van der Waals surface area contributed by atoms with Gasteiger partial charge in [0.25, 0.3) is 0 Å². The summed E-state index contributed by atoms with van der Waals surface area (Å²) in [6.07, 6.45) is 6.04. The second-order valence-electron chi connectivity index (χ2n) is 8.59. The van der Waals surface area contributed by atoms with E-state index in [-0.39, 0.29) is 0 Å². The summed E-state index contributed by atoms with van der Waals surface area (Å²) in [6, 6.07) is 21.3. The number of nitrogens with zero attached hydrogens (tertiary/aromatic N) is 1. The van der Waals surface area contributed by atoms with Crippen LogP contribution in [0.25, 0.3) is 22.4 Å². The van der Waals surface area contributed by atoms with Gasteiger partial charge in [-0.3, -0.25) is 4.98 Å². The molecule has 138 valence electrons. The highest BCUT2D eigenvalue weighted by molar-refractivity contribution is 5.72. The number of aryl methyl sites for hydroxylation is 1. The Kier molecular flexibility index (Phi) is 4.53. The van der Waals surface area contributed by atoms with Gasteiger partial charge in [-0.1, -0.05) is 62.4 Å². The van der Waals surface area contributed by atoms with Crippen LogP contribution < -0.4 is 0 Å². The lowest BCUT2D eigenvalue weighted by atomic mass is 9.71. The average Bonchev–Trinajstić information content (AvgIpc) is 2.71. The van der Waals surface area contributed by atoms with E-state index in [4.69, 9.17) is 1.37 Å². The van der Waals surface area contributed by atoms with Gasteiger partial charge in [-0.15, -0.1) is 0 Å². The molecule has 1 saturated carbocycles. The van der Waals surface area contributed by atoms with E-state index in [0.29, 0.717) is 5.41 Å². The summed E-state index contributed by atoms with van der Waals surface area (Å²) < 4.78 is 8.97. The maximum Gasteiger partial charge on any atom is 0.0710 e. The molecule has 27 heavy (non-hydrogen) atoms. The van der Waals surface area contributed by atoms with Crippen LogP contribution in [-0.4, -0.2) is 4.98 Å². The SMILES string of the molecule is [2H]C1(c2ccc(-c3ccnc(-c4ccccc4C)c3)cc2)CCC(C)(C)CC1. The average molecular weight is 357 g/mol. The topological polar surface area (TPSA) is 12.9 Å². The summed E-state index contributed by atoms with van der Waals surface area (Å²) in [6.45, 7) is 6.77. The van der Waals surface area contributed by atoms with E-state index in [1.54, 1.807) is 0 Å². The second kappa shape index (κ2) is 7.31. The number of pyridine rings is 1. The van der Waals surface area contributed by atoms with E-state index in [9.17, 15) is 0 Å². The highest BCUT2D eigenvalue weighted by Gasteiger charge is 2.27. The molecule has 0 radical (unpaired) electrons. The molecule has 0 saturated heterocycles. The van der Waals surface area contributed by atoms with Gasteiger partial charge >= 0.3 is 0 Å². The lowest BCUT2D eigenvalue weighted by molar-refractivity contribution is 0.224. The van der Waals surface area contributed by atoms with Crippen LogP contribution >= 0.6 is 0 Å². The molecule has 3 aromatic rings. The molecule has 1 aromatic heterocycles. The summed E-state index contributed by atoms with van der Waals surface area (Å²) in [5.74, 6) is -0.432. The fourth-order valence-corrected chi connectivity index (χ4v) is 4.03. The van der Waals surface area contributed by atoms with E-state index >= 15 is 0 Å². The first-order valence-electron chi connectivity index (χ1n) is 10.5. The van der Waals surface area contributed by atoms with E-state index in [1.807, 2.05) is 6.20 Å². The highest BCUT2D eigenvalue weighted by Crippen LogP contribution is 2.42. The third kappa shape index (κ3) is 3.98. The van der Waals surface area contributed by atoms with Crippen molar-refractivity contribution < 1.29 is 1.37 Å². The zero-order chi connectivity index (χ0) is 19.8. The van der Waals surface area contributed by atoms with Gasteiger partial charge in [-0.2, -0.15) is 0 Å². The van der Waals surface area contributed by atoms with Gasteiger partial charge in [-0.25, -0.2) is 0 Å². The van der Waals surface area contributed by atoms with Gasteiger partial charge in [0.2, 0.25) is 0 Å². The minimum Gasteiger partial charge on any atom is -0.256 e. The summed E-state index contributed by atoms with van der Waals surface area (Å²) >= 11 is 0. The van der Waals surface area contributed by atoms with Gasteiger partial charge in [0.15, 0.2) is 0 Å². The number of hydrogen-bond donors (Lipinski definition) is 0. The molecule has 1 fully saturated rings. The minimum absolute atomic E-state index is 0.382. The molecule has 0 atom stereocenters. The molecule has 1 aliphatic carbocycles. The van der Waals surface area contributed by atoms with Crippen LogP contribution in [0.5, 0.6) is 0 Å². The zero-order valence-electron chi connectivity index (χ0n) is 17.6. The molecule has 0 spiro atoms. The quantitative estimate of drug-likeness (QED) is 0.476. The third-order valence-electron chi connectivity index (χ3n) is 6.01. The second-order valence-corrected chi connectivity index (χ2v) is 8.59. The Balaban J connectivity index is 1.60.